The molecule has 0 radical (unpaired) electrons. The van der Waals surface area contributed by atoms with Crippen LogP contribution in [0.1, 0.15) is 10.5 Å². The van der Waals surface area contributed by atoms with Gasteiger partial charge < -0.3 is 0 Å². The van der Waals surface area contributed by atoms with Gasteiger partial charge in [0.25, 0.3) is 5.91 Å². The number of nitrogens with zero attached hydrogens (tertiary/aromatic N) is 6. The summed E-state index contributed by atoms with van der Waals surface area (Å²) in [7, 11) is 1.71. The highest BCUT2D eigenvalue weighted by Crippen LogP contribution is 2.31. The number of hydrogen-bond donors (Lipinski definition) is 0. The molecule has 26 heavy (non-hydrogen) atoms. The minimum Gasteiger partial charge on any atom is -0.281 e. The number of hydrogen-bond acceptors (Lipinski definition) is 5. The second-order valence-corrected chi connectivity index (χ2v) is 6.66. The van der Waals surface area contributed by atoms with E-state index in [1.165, 1.54) is 22.1 Å². The molecule has 7 nitrogen and oxygen atoms in total. The third-order valence-electron chi connectivity index (χ3n) is 3.99. The molecule has 3 heterocycles. The summed E-state index contributed by atoms with van der Waals surface area (Å²) in [5.74, 6) is -0.637. The van der Waals surface area contributed by atoms with Gasteiger partial charge in [0.15, 0.2) is 5.13 Å². The van der Waals surface area contributed by atoms with E-state index < -0.39 is 5.82 Å². The average molecular weight is 370 g/mol. The number of fused-ring (bicyclic) bond motifs is 1. The summed E-state index contributed by atoms with van der Waals surface area (Å²) in [5.41, 5.74) is 0.708. The Labute approximate surface area is 152 Å². The minimum atomic E-state index is -0.398. The first kappa shape index (κ1) is 16.4. The van der Waals surface area contributed by atoms with Crippen LogP contribution in [0.4, 0.5) is 9.52 Å². The van der Waals surface area contributed by atoms with E-state index in [1.54, 1.807) is 47.2 Å². The van der Waals surface area contributed by atoms with E-state index in [9.17, 15) is 9.18 Å². The number of carbonyl (C=O) groups excluding carboxylic acids is 1. The number of aromatic nitrogens is 5. The summed E-state index contributed by atoms with van der Waals surface area (Å²) in [4.78, 5) is 19.0. The summed E-state index contributed by atoms with van der Waals surface area (Å²) in [6, 6.07) is 8.26. The summed E-state index contributed by atoms with van der Waals surface area (Å²) >= 11 is 1.28. The molecule has 0 aliphatic rings. The molecule has 1 amide bonds. The first-order valence-corrected chi connectivity index (χ1v) is 8.77. The van der Waals surface area contributed by atoms with E-state index in [-0.39, 0.29) is 11.4 Å². The topological polar surface area (TPSA) is 68.8 Å². The Morgan fingerprint density at radius 3 is 2.81 bits per heavy atom. The molecule has 9 heteroatoms. The van der Waals surface area contributed by atoms with Crippen molar-refractivity contribution in [2.24, 2.45) is 7.05 Å². The van der Waals surface area contributed by atoms with Gasteiger partial charge in [-0.25, -0.2) is 9.37 Å². The van der Waals surface area contributed by atoms with Crippen molar-refractivity contribution in [2.45, 2.75) is 6.54 Å². The maximum absolute atomic E-state index is 14.0. The van der Waals surface area contributed by atoms with Crippen LogP contribution in [0.15, 0.2) is 48.9 Å². The van der Waals surface area contributed by atoms with Gasteiger partial charge in [-0.05, 0) is 24.3 Å². The van der Waals surface area contributed by atoms with Crippen LogP contribution in [0, 0.1) is 5.82 Å². The van der Waals surface area contributed by atoms with Gasteiger partial charge in [-0.2, -0.15) is 10.2 Å². The molecule has 0 fully saturated rings. The van der Waals surface area contributed by atoms with Crippen molar-refractivity contribution in [2.75, 3.05) is 11.4 Å². The van der Waals surface area contributed by atoms with Crippen molar-refractivity contribution in [3.8, 4) is 0 Å². The van der Waals surface area contributed by atoms with Crippen LogP contribution >= 0.6 is 11.3 Å². The lowest BCUT2D eigenvalue weighted by molar-refractivity contribution is 0.0976. The zero-order valence-corrected chi connectivity index (χ0v) is 14.7. The number of benzene rings is 1. The van der Waals surface area contributed by atoms with E-state index in [1.807, 2.05) is 12.3 Å². The number of amides is 1. The fourth-order valence-electron chi connectivity index (χ4n) is 2.66. The van der Waals surface area contributed by atoms with Crippen molar-refractivity contribution < 1.29 is 9.18 Å². The van der Waals surface area contributed by atoms with Gasteiger partial charge in [0.1, 0.15) is 17.0 Å². The molecule has 3 aromatic heterocycles. The van der Waals surface area contributed by atoms with Crippen molar-refractivity contribution in [3.63, 3.8) is 0 Å². The lowest BCUT2D eigenvalue weighted by Gasteiger charge is -2.19. The number of halogens is 1. The highest BCUT2D eigenvalue weighted by Gasteiger charge is 2.24. The molecule has 0 atom stereocenters. The van der Waals surface area contributed by atoms with E-state index in [2.05, 4.69) is 15.2 Å². The summed E-state index contributed by atoms with van der Waals surface area (Å²) < 4.78 is 18.0. The smallest absolute Gasteiger partial charge is 0.278 e. The molecule has 1 aromatic carbocycles. The highest BCUT2D eigenvalue weighted by atomic mass is 32.1. The number of anilines is 1. The van der Waals surface area contributed by atoms with Gasteiger partial charge in [0, 0.05) is 32.2 Å². The lowest BCUT2D eigenvalue weighted by atomic mass is 10.3. The van der Waals surface area contributed by atoms with E-state index in [4.69, 9.17) is 0 Å². The Bertz CT molecular complexity index is 1050. The largest absolute Gasteiger partial charge is 0.281 e. The molecule has 4 rings (SSSR count). The van der Waals surface area contributed by atoms with Gasteiger partial charge in [0.2, 0.25) is 0 Å². The number of rotatable bonds is 5. The Hall–Kier alpha value is -3.07. The average Bonchev–Trinajstić information content (AvgIpc) is 3.35. The molecule has 0 bridgehead atoms. The molecule has 0 N–H and O–H groups in total. The van der Waals surface area contributed by atoms with Gasteiger partial charge >= 0.3 is 0 Å². The van der Waals surface area contributed by atoms with Crippen molar-refractivity contribution in [1.29, 1.82) is 0 Å². The fraction of sp³-hybridized carbons (Fsp3) is 0.176. The minimum absolute atomic E-state index is 0.239. The quantitative estimate of drug-likeness (QED) is 0.542. The predicted molar refractivity (Wildman–Crippen MR) is 96.7 cm³/mol. The molecular weight excluding hydrogens is 355 g/mol. The zero-order chi connectivity index (χ0) is 18.1. The van der Waals surface area contributed by atoms with Crippen LogP contribution in [0.2, 0.25) is 0 Å². The van der Waals surface area contributed by atoms with Gasteiger partial charge in [-0.15, -0.1) is 0 Å². The summed E-state index contributed by atoms with van der Waals surface area (Å²) in [6.07, 6.45) is 5.07. The number of carbonyl (C=O) groups is 1. The van der Waals surface area contributed by atoms with E-state index >= 15 is 0 Å². The monoisotopic (exact) mass is 370 g/mol. The molecule has 0 unspecified atom stereocenters. The zero-order valence-electron chi connectivity index (χ0n) is 13.9. The molecule has 0 spiro atoms. The van der Waals surface area contributed by atoms with Crippen LogP contribution in [0.25, 0.3) is 10.2 Å². The molecule has 4 aromatic rings. The van der Waals surface area contributed by atoms with Gasteiger partial charge in [-0.3, -0.25) is 19.1 Å². The Morgan fingerprint density at radius 1 is 1.23 bits per heavy atom. The van der Waals surface area contributed by atoms with E-state index in [0.717, 1.165) is 0 Å². The van der Waals surface area contributed by atoms with Crippen molar-refractivity contribution >= 4 is 32.6 Å². The molecule has 0 saturated heterocycles. The Morgan fingerprint density at radius 2 is 2.12 bits per heavy atom. The van der Waals surface area contributed by atoms with Gasteiger partial charge in [0.05, 0.1) is 11.2 Å². The summed E-state index contributed by atoms with van der Waals surface area (Å²) in [6.45, 7) is 0.849. The van der Waals surface area contributed by atoms with E-state index in [0.29, 0.717) is 28.6 Å². The SMILES string of the molecule is Cn1nccc1C(=O)N(CCn1cccn1)c1nc2c(F)cccc2s1. The van der Waals surface area contributed by atoms with Crippen LogP contribution in [-0.4, -0.2) is 37.0 Å². The molecular formula is C17H15FN6OS. The number of thiazole rings is 1. The lowest BCUT2D eigenvalue weighted by Crippen LogP contribution is -2.35. The van der Waals surface area contributed by atoms with Crippen LogP contribution in [-0.2, 0) is 13.6 Å². The maximum atomic E-state index is 14.0. The highest BCUT2D eigenvalue weighted by molar-refractivity contribution is 7.22. The first-order valence-electron chi connectivity index (χ1n) is 7.96. The van der Waals surface area contributed by atoms with Gasteiger partial charge in [-0.1, -0.05) is 17.4 Å². The Balaban J connectivity index is 1.72. The Kier molecular flexibility index (Phi) is 4.21. The standard InChI is InChI=1S/C17H15FN6OS/c1-22-13(6-8-19-22)16(25)24(11-10-23-9-3-7-20-23)17-21-15-12(18)4-2-5-14(15)26-17/h2-9H,10-11H2,1H3. The fourth-order valence-corrected chi connectivity index (χ4v) is 3.66. The molecule has 0 aliphatic heterocycles. The summed E-state index contributed by atoms with van der Waals surface area (Å²) in [5, 5.41) is 8.67. The predicted octanol–water partition coefficient (Wildman–Crippen LogP) is 2.71. The molecule has 0 aliphatic carbocycles. The second-order valence-electron chi connectivity index (χ2n) is 5.65. The first-order chi connectivity index (χ1) is 12.6. The molecule has 0 saturated carbocycles. The normalized spacial score (nSPS) is 11.2. The molecule has 132 valence electrons. The van der Waals surface area contributed by atoms with Crippen LogP contribution in [0.5, 0.6) is 0 Å². The number of para-hydroxylation sites is 1. The van der Waals surface area contributed by atoms with Crippen LogP contribution < -0.4 is 4.90 Å². The number of aryl methyl sites for hydroxylation is 1. The van der Waals surface area contributed by atoms with Crippen molar-refractivity contribution in [3.05, 3.63) is 60.4 Å². The third-order valence-corrected chi connectivity index (χ3v) is 5.03. The van der Waals surface area contributed by atoms with Crippen molar-refractivity contribution in [1.82, 2.24) is 24.5 Å². The second kappa shape index (κ2) is 6.68. The van der Waals surface area contributed by atoms with Crippen LogP contribution in [0.3, 0.4) is 0 Å². The third kappa shape index (κ3) is 2.97. The maximum Gasteiger partial charge on any atom is 0.278 e.